The molecule has 0 aromatic carbocycles. The monoisotopic (exact) mass is 1490 g/mol. The van der Waals surface area contributed by atoms with Gasteiger partial charge in [-0.1, -0.05) is 144 Å². The summed E-state index contributed by atoms with van der Waals surface area (Å²) >= 11 is 6.09. The van der Waals surface area contributed by atoms with Crippen LogP contribution >= 0.6 is 65.6 Å². The minimum absolute atomic E-state index is 0. The van der Waals surface area contributed by atoms with E-state index >= 15 is 0 Å². The van der Waals surface area contributed by atoms with Crippen molar-refractivity contribution in [3.05, 3.63) is 91.5 Å². The van der Waals surface area contributed by atoms with Crippen molar-refractivity contribution >= 4 is 104 Å². The third kappa shape index (κ3) is 48.3. The maximum atomic E-state index is 5.74. The first-order chi connectivity index (χ1) is 40.5. The Balaban J connectivity index is 0.00000116. The van der Waals surface area contributed by atoms with Gasteiger partial charge in [0, 0.05) is 23.0 Å². The molecule has 0 amide bonds. The van der Waals surface area contributed by atoms with Gasteiger partial charge in [0.15, 0.2) is 0 Å². The van der Waals surface area contributed by atoms with Gasteiger partial charge >= 0.3 is 254 Å². The van der Waals surface area contributed by atoms with Gasteiger partial charge in [0.2, 0.25) is 0 Å². The predicted molar refractivity (Wildman–Crippen MR) is 402 cm³/mol. The van der Waals surface area contributed by atoms with Crippen LogP contribution in [0.5, 0.6) is 0 Å². The van der Waals surface area contributed by atoms with Crippen molar-refractivity contribution in [2.24, 2.45) is 0 Å². The fourth-order valence-electron chi connectivity index (χ4n) is 10.00. The SMILES string of the molecule is C1CCOC1.CCCCCCCCc1cc(-c2cc(CCCCCCCC)[c]([Sn]([CH3])([CH3])[CH3])s2)sc1C.CCCCCCCCc1ccsc1.CCCCCCCCc1csc(-c2cc(CCCCCCCC)cs2)c1.[CH2-]CCC.[CH3][Sn]([CH3])([CH3])[Cl].[Li+]. The summed E-state index contributed by atoms with van der Waals surface area (Å²) in [6, 6.07) is 12.3. The average Bonchev–Trinajstić information content (AvgIpc) is 3.30. The summed E-state index contributed by atoms with van der Waals surface area (Å²) in [7, 11) is 5.74. The average molecular weight is 1490 g/mol. The normalized spacial score (nSPS) is 11.9. The maximum absolute atomic E-state index is 5.74. The molecule has 0 unspecified atom stereocenters. The number of unbranched alkanes of at least 4 members (excludes halogenated alkanes) is 26. The fraction of sp³-hybridized carbons (Fsp3) is 0.720. The Bertz CT molecular complexity index is 2100. The Morgan fingerprint density at radius 2 is 0.776 bits per heavy atom. The molecule has 0 N–H and O–H groups in total. The van der Waals surface area contributed by atoms with Crippen molar-refractivity contribution in [1.82, 2.24) is 0 Å². The second-order valence-electron chi connectivity index (χ2n) is 26.0. The second kappa shape index (κ2) is 57.6. The summed E-state index contributed by atoms with van der Waals surface area (Å²) in [6.07, 6.45) is 53.0. The molecule has 6 heterocycles. The van der Waals surface area contributed by atoms with Gasteiger partial charge in [-0.2, -0.15) is 17.8 Å². The number of rotatable bonds is 39. The molecular formula is C75H132ClLiOS5Sn2. The molecule has 0 aliphatic carbocycles. The van der Waals surface area contributed by atoms with Crippen LogP contribution in [0.15, 0.2) is 51.9 Å². The predicted octanol–water partition coefficient (Wildman–Crippen LogP) is 25.6. The van der Waals surface area contributed by atoms with E-state index in [0.29, 0.717) is 0 Å². The van der Waals surface area contributed by atoms with Gasteiger partial charge in [-0.15, -0.1) is 22.7 Å². The molecule has 5 aromatic heterocycles. The number of halogens is 1. The van der Waals surface area contributed by atoms with Crippen molar-refractivity contribution in [3.63, 3.8) is 0 Å². The Hall–Kier alpha value is 0.945. The third-order valence-corrected chi connectivity index (χ3v) is 30.1. The minimum atomic E-state index is -2.08. The molecule has 6 rings (SSSR count). The molecule has 0 atom stereocenters. The maximum Gasteiger partial charge on any atom is 1.00 e. The van der Waals surface area contributed by atoms with Gasteiger partial charge in [0.1, 0.15) is 0 Å². The summed E-state index contributed by atoms with van der Waals surface area (Å²) in [6.45, 7) is 21.5. The number of thiophene rings is 5. The van der Waals surface area contributed by atoms with Crippen LogP contribution in [0.2, 0.25) is 29.6 Å². The fourth-order valence-corrected chi connectivity index (χ4v) is 22.0. The molecule has 85 heavy (non-hydrogen) atoms. The third-order valence-electron chi connectivity index (χ3n) is 15.1. The summed E-state index contributed by atoms with van der Waals surface area (Å²) in [5.41, 5.74) is 7.95. The number of hydrogen-bond donors (Lipinski definition) is 0. The summed E-state index contributed by atoms with van der Waals surface area (Å²) in [4.78, 5) is 21.9. The van der Waals surface area contributed by atoms with E-state index in [1.807, 2.05) is 48.2 Å². The summed E-state index contributed by atoms with van der Waals surface area (Å²) < 4.78 is 6.77. The zero-order valence-corrected chi connectivity index (χ0v) is 68.8. The van der Waals surface area contributed by atoms with Crippen LogP contribution in [0, 0.1) is 13.8 Å². The standard InChI is InChI=1S/C25H39S2.C24H38S2.C12H20S.C4H8O.C4H9.6CH3.ClH.Li.2Sn/c1-4-6-8-10-12-14-16-22-18-24(26-20-22)25-19-23(21(3)27-25)17-15-13-11-9-7-5-2;1-3-5-7-9-11-13-15-21-17-23(25-19-21)24-18-22(20-26-24)16-14-12-10-8-6-4-2;1-2-3-4-5-6-7-8-12-9-10-13-11-12;1-2-4-5-3-1;1-3-4-2;;;;;;;;;;/h18-19H,4-17H2,1-3H3;17-20H,3-16H2,1-2H3;9-11H,2-8H2,1H3;1-4H2;1,3-4H2,2H3;6*1H3;1H;;;/q;;;;-1;;;;;;;;+1;;+1/p-1. The van der Waals surface area contributed by atoms with Gasteiger partial charge in [-0.25, -0.2) is 0 Å². The summed E-state index contributed by atoms with van der Waals surface area (Å²) in [5.74, 6) is 0. The largest absolute Gasteiger partial charge is 1.00 e. The molecule has 1 fully saturated rings. The van der Waals surface area contributed by atoms with Gasteiger partial charge in [0.05, 0.1) is 0 Å². The van der Waals surface area contributed by atoms with E-state index in [4.69, 9.17) is 13.7 Å². The first-order valence-corrected chi connectivity index (χ1v) is 61.5. The molecule has 1 aliphatic heterocycles. The van der Waals surface area contributed by atoms with Crippen molar-refractivity contribution in [2.75, 3.05) is 13.2 Å². The Kier molecular flexibility index (Phi) is 58.2. The van der Waals surface area contributed by atoms with Crippen LogP contribution in [0.25, 0.3) is 19.5 Å². The van der Waals surface area contributed by atoms with E-state index in [2.05, 4.69) is 148 Å². The molecule has 0 radical (unpaired) electrons. The zero-order chi connectivity index (χ0) is 61.9. The van der Waals surface area contributed by atoms with Crippen LogP contribution in [-0.4, -0.2) is 48.8 Å². The Labute approximate surface area is 574 Å². The second-order valence-corrected chi connectivity index (χ2v) is 65.6. The molecule has 0 bridgehead atoms. The van der Waals surface area contributed by atoms with E-state index < -0.39 is 35.6 Å². The van der Waals surface area contributed by atoms with Crippen LogP contribution < -0.4 is 21.8 Å². The smallest absolute Gasteiger partial charge is 1.00 e. The van der Waals surface area contributed by atoms with Gasteiger partial charge < -0.3 is 11.7 Å². The van der Waals surface area contributed by atoms with Crippen molar-refractivity contribution in [3.8, 4) is 19.5 Å². The van der Waals surface area contributed by atoms with Gasteiger partial charge in [-0.05, 0) is 108 Å². The molecule has 10 heteroatoms. The van der Waals surface area contributed by atoms with Crippen molar-refractivity contribution < 1.29 is 23.6 Å². The molecule has 484 valence electrons. The quantitative estimate of drug-likeness (QED) is 0.0216. The van der Waals surface area contributed by atoms with E-state index in [9.17, 15) is 0 Å². The first-order valence-electron chi connectivity index (χ1n) is 35.0. The van der Waals surface area contributed by atoms with E-state index in [1.54, 1.807) is 32.0 Å². The first kappa shape index (κ1) is 85.9. The van der Waals surface area contributed by atoms with E-state index in [0.717, 1.165) is 19.6 Å². The number of hydrogen-bond acceptors (Lipinski definition) is 6. The van der Waals surface area contributed by atoms with Crippen molar-refractivity contribution in [1.29, 1.82) is 0 Å². The van der Waals surface area contributed by atoms with Crippen LogP contribution in [-0.2, 0) is 36.8 Å². The Morgan fingerprint density at radius 1 is 0.435 bits per heavy atom. The minimum Gasteiger partial charge on any atom is 1.00 e. The van der Waals surface area contributed by atoms with Crippen molar-refractivity contribution in [2.45, 2.75) is 329 Å². The van der Waals surface area contributed by atoms with E-state index in [-0.39, 0.29) is 18.9 Å². The molecule has 1 nitrogen and oxygen atoms in total. The molecule has 1 saturated heterocycles. The molecule has 0 spiro atoms. The van der Waals surface area contributed by atoms with Gasteiger partial charge in [0.25, 0.3) is 0 Å². The molecular weight excluding hydrogens is 1360 g/mol. The molecule has 1 aliphatic rings. The zero-order valence-electron chi connectivity index (χ0n) is 58.2. The van der Waals surface area contributed by atoms with Crippen LogP contribution in [0.4, 0.5) is 0 Å². The molecule has 5 aromatic rings. The molecule has 0 saturated carbocycles. The topological polar surface area (TPSA) is 9.23 Å². The Morgan fingerprint density at radius 3 is 1.12 bits per heavy atom. The summed E-state index contributed by atoms with van der Waals surface area (Å²) in [5, 5.41) is 9.21. The van der Waals surface area contributed by atoms with Gasteiger partial charge in [-0.3, -0.25) is 0 Å². The number of aryl methyl sites for hydroxylation is 6. The van der Waals surface area contributed by atoms with E-state index in [1.165, 1.54) is 264 Å². The van der Waals surface area contributed by atoms with Crippen LogP contribution in [0.1, 0.15) is 293 Å². The van der Waals surface area contributed by atoms with Crippen LogP contribution in [0.3, 0.4) is 0 Å². The number of ether oxygens (including phenoxy) is 1.